The lowest BCUT2D eigenvalue weighted by Gasteiger charge is -2.10. The molecule has 0 aliphatic heterocycles. The van der Waals surface area contributed by atoms with Gasteiger partial charge in [0.25, 0.3) is 0 Å². The molecule has 7 heteroatoms. The number of hydrogen-bond acceptors (Lipinski definition) is 3. The second kappa shape index (κ2) is 6.37. The fourth-order valence-electron chi connectivity index (χ4n) is 1.67. The summed E-state index contributed by atoms with van der Waals surface area (Å²) in [6, 6.07) is 7.93. The van der Waals surface area contributed by atoms with Gasteiger partial charge in [0, 0.05) is 21.6 Å². The molecule has 0 saturated heterocycles. The van der Waals surface area contributed by atoms with Crippen LogP contribution in [0.15, 0.2) is 50.9 Å². The van der Waals surface area contributed by atoms with Crippen LogP contribution in [0.2, 0.25) is 0 Å². The van der Waals surface area contributed by atoms with Crippen LogP contribution in [0.5, 0.6) is 0 Å². The van der Waals surface area contributed by atoms with E-state index in [1.54, 1.807) is 0 Å². The van der Waals surface area contributed by atoms with Crippen LogP contribution in [0, 0.1) is 0 Å². The molecule has 0 aliphatic carbocycles. The Morgan fingerprint density at radius 2 is 1.95 bits per heavy atom. The van der Waals surface area contributed by atoms with Crippen molar-refractivity contribution < 1.29 is 13.2 Å². The maximum absolute atomic E-state index is 12.5. The molecule has 2 N–H and O–H groups in total. The fraction of sp³-hybridized carbons (Fsp3) is 0.214. The number of alkyl halides is 3. The monoisotopic (exact) mass is 376 g/mol. The van der Waals surface area contributed by atoms with Gasteiger partial charge < -0.3 is 5.73 Å². The maximum Gasteiger partial charge on any atom is 0.417 e. The third-order valence-electron chi connectivity index (χ3n) is 2.75. The third-order valence-corrected chi connectivity index (χ3v) is 4.38. The van der Waals surface area contributed by atoms with Crippen molar-refractivity contribution in [2.75, 3.05) is 0 Å². The van der Waals surface area contributed by atoms with Crippen LogP contribution in [0.1, 0.15) is 24.1 Å². The van der Waals surface area contributed by atoms with Crippen molar-refractivity contribution in [3.8, 4) is 0 Å². The number of aromatic nitrogens is 1. The zero-order valence-corrected chi connectivity index (χ0v) is 13.4. The molecule has 2 rings (SSSR count). The normalized spacial score (nSPS) is 13.2. The maximum atomic E-state index is 12.5. The van der Waals surface area contributed by atoms with Gasteiger partial charge in [-0.25, -0.2) is 4.98 Å². The van der Waals surface area contributed by atoms with Crippen LogP contribution < -0.4 is 5.73 Å². The van der Waals surface area contributed by atoms with E-state index in [4.69, 9.17) is 5.73 Å². The number of rotatable bonds is 3. The highest BCUT2D eigenvalue weighted by atomic mass is 79.9. The summed E-state index contributed by atoms with van der Waals surface area (Å²) in [6.07, 6.45) is -3.52. The van der Waals surface area contributed by atoms with Crippen molar-refractivity contribution >= 4 is 27.7 Å². The van der Waals surface area contributed by atoms with Crippen molar-refractivity contribution in [3.63, 3.8) is 0 Å². The molecule has 0 bridgehead atoms. The molecule has 21 heavy (non-hydrogen) atoms. The quantitative estimate of drug-likeness (QED) is 0.815. The number of halogens is 4. The minimum absolute atomic E-state index is 0.0948. The summed E-state index contributed by atoms with van der Waals surface area (Å²) in [4.78, 5) is 4.70. The van der Waals surface area contributed by atoms with Gasteiger partial charge in [-0.15, -0.1) is 0 Å². The van der Waals surface area contributed by atoms with E-state index in [1.165, 1.54) is 17.8 Å². The molecule has 0 spiro atoms. The number of nitrogens with two attached hydrogens (primary N) is 1. The van der Waals surface area contributed by atoms with Gasteiger partial charge in [0.15, 0.2) is 0 Å². The van der Waals surface area contributed by atoms with Gasteiger partial charge in [0.2, 0.25) is 0 Å². The Labute approximate surface area is 133 Å². The standard InChI is InChI=1S/C14H12BrF3N2S/c1-8(19)11-4-3-10(6-12(11)15)21-13-5-2-9(7-20-13)14(16,17)18/h2-8H,19H2,1H3. The molecule has 1 unspecified atom stereocenters. The first-order valence-electron chi connectivity index (χ1n) is 6.03. The molecule has 1 atom stereocenters. The third kappa shape index (κ3) is 4.21. The van der Waals surface area contributed by atoms with Crippen LogP contribution in [0.3, 0.4) is 0 Å². The van der Waals surface area contributed by atoms with Crippen LogP contribution >= 0.6 is 27.7 Å². The van der Waals surface area contributed by atoms with E-state index in [1.807, 2.05) is 25.1 Å². The molecule has 112 valence electrons. The summed E-state index contributed by atoms with van der Waals surface area (Å²) in [6.45, 7) is 1.88. The van der Waals surface area contributed by atoms with Gasteiger partial charge in [-0.2, -0.15) is 13.2 Å². The largest absolute Gasteiger partial charge is 0.417 e. The van der Waals surface area contributed by atoms with Crippen molar-refractivity contribution in [2.24, 2.45) is 5.73 Å². The van der Waals surface area contributed by atoms with E-state index < -0.39 is 11.7 Å². The number of benzene rings is 1. The molecule has 1 aromatic heterocycles. The van der Waals surface area contributed by atoms with Crippen LogP contribution in [-0.2, 0) is 6.18 Å². The van der Waals surface area contributed by atoms with Gasteiger partial charge in [0.05, 0.1) is 5.56 Å². The Morgan fingerprint density at radius 1 is 1.24 bits per heavy atom. The summed E-state index contributed by atoms with van der Waals surface area (Å²) >= 11 is 4.73. The van der Waals surface area contributed by atoms with Gasteiger partial charge >= 0.3 is 6.18 Å². The van der Waals surface area contributed by atoms with Gasteiger partial charge in [0.1, 0.15) is 5.03 Å². The van der Waals surface area contributed by atoms with E-state index in [2.05, 4.69) is 20.9 Å². The average Bonchev–Trinajstić information content (AvgIpc) is 2.38. The Balaban J connectivity index is 2.17. The van der Waals surface area contributed by atoms with Crippen molar-refractivity contribution in [3.05, 3.63) is 52.1 Å². The molecule has 0 saturated carbocycles. The van der Waals surface area contributed by atoms with E-state index in [0.29, 0.717) is 5.03 Å². The van der Waals surface area contributed by atoms with Gasteiger partial charge in [-0.05, 0) is 36.8 Å². The Hall–Kier alpha value is -1.05. The van der Waals surface area contributed by atoms with Crippen LogP contribution in [-0.4, -0.2) is 4.98 Å². The zero-order chi connectivity index (χ0) is 15.6. The summed E-state index contributed by atoms with van der Waals surface area (Å²) in [5.41, 5.74) is 6.04. The SMILES string of the molecule is CC(N)c1ccc(Sc2ccc(C(F)(F)F)cn2)cc1Br. The van der Waals surface area contributed by atoms with Crippen LogP contribution in [0.4, 0.5) is 13.2 Å². The second-order valence-corrected chi connectivity index (χ2v) is 6.41. The Kier molecular flexibility index (Phi) is 4.95. The highest BCUT2D eigenvalue weighted by Crippen LogP contribution is 2.33. The molecule has 1 aromatic carbocycles. The van der Waals surface area contributed by atoms with Gasteiger partial charge in [-0.1, -0.05) is 33.8 Å². The zero-order valence-electron chi connectivity index (χ0n) is 11.0. The first-order chi connectivity index (χ1) is 9.77. The molecule has 0 radical (unpaired) electrons. The Morgan fingerprint density at radius 3 is 2.43 bits per heavy atom. The topological polar surface area (TPSA) is 38.9 Å². The highest BCUT2D eigenvalue weighted by Gasteiger charge is 2.30. The average molecular weight is 377 g/mol. The van der Waals surface area contributed by atoms with Crippen molar-refractivity contribution in [2.45, 2.75) is 29.1 Å². The second-order valence-electron chi connectivity index (χ2n) is 4.46. The number of nitrogens with zero attached hydrogens (tertiary/aromatic N) is 1. The first kappa shape index (κ1) is 16.3. The molecule has 0 fully saturated rings. The fourth-order valence-corrected chi connectivity index (χ4v) is 3.36. The minimum Gasteiger partial charge on any atom is -0.324 e. The molecule has 0 amide bonds. The predicted octanol–water partition coefficient (Wildman–Crippen LogP) is 5.03. The summed E-state index contributed by atoms with van der Waals surface area (Å²) in [5.74, 6) is 0. The lowest BCUT2D eigenvalue weighted by molar-refractivity contribution is -0.137. The van der Waals surface area contributed by atoms with E-state index in [0.717, 1.165) is 27.2 Å². The lowest BCUT2D eigenvalue weighted by atomic mass is 10.1. The summed E-state index contributed by atoms with van der Waals surface area (Å²) in [7, 11) is 0. The predicted molar refractivity (Wildman–Crippen MR) is 80.1 cm³/mol. The highest BCUT2D eigenvalue weighted by molar-refractivity contribution is 9.10. The van der Waals surface area contributed by atoms with E-state index in [9.17, 15) is 13.2 Å². The number of pyridine rings is 1. The molecular weight excluding hydrogens is 365 g/mol. The summed E-state index contributed by atoms with van der Waals surface area (Å²) in [5, 5.41) is 0.503. The molecule has 2 nitrogen and oxygen atoms in total. The number of hydrogen-bond donors (Lipinski definition) is 1. The lowest BCUT2D eigenvalue weighted by Crippen LogP contribution is -2.05. The first-order valence-corrected chi connectivity index (χ1v) is 7.64. The van der Waals surface area contributed by atoms with Crippen molar-refractivity contribution in [1.82, 2.24) is 4.98 Å². The van der Waals surface area contributed by atoms with Crippen LogP contribution in [0.25, 0.3) is 0 Å². The van der Waals surface area contributed by atoms with E-state index in [-0.39, 0.29) is 6.04 Å². The smallest absolute Gasteiger partial charge is 0.324 e. The van der Waals surface area contributed by atoms with E-state index >= 15 is 0 Å². The van der Waals surface area contributed by atoms with Gasteiger partial charge in [-0.3, -0.25) is 0 Å². The minimum atomic E-state index is -4.36. The molecule has 2 aromatic rings. The molecule has 1 heterocycles. The molecule has 0 aliphatic rings. The summed E-state index contributed by atoms with van der Waals surface area (Å²) < 4.78 is 38.2. The van der Waals surface area contributed by atoms with Crippen molar-refractivity contribution in [1.29, 1.82) is 0 Å². The Bertz CT molecular complexity index is 627. The molecular formula is C14H12BrF3N2S.